The van der Waals surface area contributed by atoms with Gasteiger partial charge in [-0.25, -0.2) is 0 Å². The second-order valence-electron chi connectivity index (χ2n) is 8.51. The topological polar surface area (TPSA) is 26.3 Å². The molecule has 1 atom stereocenters. The molecule has 0 aromatic rings. The van der Waals surface area contributed by atoms with Gasteiger partial charge in [0.15, 0.2) is 0 Å². The fourth-order valence-electron chi connectivity index (χ4n) is 3.61. The van der Waals surface area contributed by atoms with Gasteiger partial charge in [-0.15, -0.1) is 0 Å². The van der Waals surface area contributed by atoms with E-state index in [9.17, 15) is 4.79 Å². The summed E-state index contributed by atoms with van der Waals surface area (Å²) >= 11 is 0. The van der Waals surface area contributed by atoms with Gasteiger partial charge in [-0.1, -0.05) is 130 Å². The zero-order valence-electron chi connectivity index (χ0n) is 19.0. The summed E-state index contributed by atoms with van der Waals surface area (Å²) in [6, 6.07) is 0. The molecule has 0 aliphatic rings. The lowest BCUT2D eigenvalue weighted by molar-refractivity contribution is -0.148. The zero-order valence-corrected chi connectivity index (χ0v) is 19.0. The van der Waals surface area contributed by atoms with Gasteiger partial charge in [-0.3, -0.25) is 4.79 Å². The largest absolute Gasteiger partial charge is 0.465 e. The fourth-order valence-corrected chi connectivity index (χ4v) is 3.61. The molecule has 0 aliphatic carbocycles. The Morgan fingerprint density at radius 1 is 0.593 bits per heavy atom. The summed E-state index contributed by atoms with van der Waals surface area (Å²) in [7, 11) is 0. The van der Waals surface area contributed by atoms with Crippen molar-refractivity contribution in [2.75, 3.05) is 6.61 Å². The molecular weight excluding hydrogens is 332 g/mol. The van der Waals surface area contributed by atoms with E-state index in [1.807, 2.05) is 6.92 Å². The van der Waals surface area contributed by atoms with Crippen molar-refractivity contribution in [1.29, 1.82) is 0 Å². The highest BCUT2D eigenvalue weighted by molar-refractivity contribution is 5.71. The van der Waals surface area contributed by atoms with Crippen LogP contribution in [-0.4, -0.2) is 12.6 Å². The van der Waals surface area contributed by atoms with Crippen LogP contribution in [0.4, 0.5) is 0 Å². The molecule has 0 aliphatic heterocycles. The smallest absolute Gasteiger partial charge is 0.308 e. The maximum atomic E-state index is 12.0. The van der Waals surface area contributed by atoms with Crippen LogP contribution in [0.3, 0.4) is 0 Å². The molecule has 0 spiro atoms. The molecule has 0 heterocycles. The van der Waals surface area contributed by atoms with Crippen molar-refractivity contribution in [2.24, 2.45) is 5.92 Å². The second-order valence-corrected chi connectivity index (χ2v) is 8.51. The molecule has 2 heteroatoms. The van der Waals surface area contributed by atoms with Crippen LogP contribution >= 0.6 is 0 Å². The number of unbranched alkanes of at least 4 members (excludes halogenated alkanes) is 16. The Kier molecular flexibility index (Phi) is 21.3. The van der Waals surface area contributed by atoms with Crippen molar-refractivity contribution in [3.8, 4) is 0 Å². The number of carbonyl (C=O) groups excluding carboxylic acids is 1. The van der Waals surface area contributed by atoms with Gasteiger partial charge in [-0.2, -0.15) is 0 Å². The number of rotatable bonds is 21. The predicted molar refractivity (Wildman–Crippen MR) is 119 cm³/mol. The summed E-state index contributed by atoms with van der Waals surface area (Å²) in [5.74, 6) is 0.0973. The van der Waals surface area contributed by atoms with Crippen molar-refractivity contribution in [3.63, 3.8) is 0 Å². The van der Waals surface area contributed by atoms with E-state index < -0.39 is 0 Å². The van der Waals surface area contributed by atoms with Gasteiger partial charge >= 0.3 is 5.97 Å². The van der Waals surface area contributed by atoms with Crippen LogP contribution in [-0.2, 0) is 9.53 Å². The molecule has 27 heavy (non-hydrogen) atoms. The van der Waals surface area contributed by atoms with Crippen LogP contribution in [0.25, 0.3) is 0 Å². The molecule has 0 saturated carbocycles. The Balaban J connectivity index is 3.28. The molecule has 0 fully saturated rings. The molecule has 0 aromatic carbocycles. The van der Waals surface area contributed by atoms with Crippen LogP contribution in [0.1, 0.15) is 143 Å². The Bertz CT molecular complexity index is 301. The van der Waals surface area contributed by atoms with Gasteiger partial charge in [0.2, 0.25) is 0 Å². The highest BCUT2D eigenvalue weighted by atomic mass is 16.5. The third-order valence-electron chi connectivity index (χ3n) is 5.64. The molecule has 0 saturated heterocycles. The van der Waals surface area contributed by atoms with Crippen molar-refractivity contribution >= 4 is 5.97 Å². The summed E-state index contributed by atoms with van der Waals surface area (Å²) in [4.78, 5) is 12.0. The summed E-state index contributed by atoms with van der Waals surface area (Å²) in [6.45, 7) is 7.17. The average molecular weight is 383 g/mol. The maximum absolute atomic E-state index is 12.0. The normalized spacial score (nSPS) is 12.3. The number of esters is 1. The molecule has 0 amide bonds. The minimum Gasteiger partial charge on any atom is -0.465 e. The SMILES string of the molecule is CCCCCCCCCCCCCCOC(=O)C(C)CCCCCCCC. The number of carbonyl (C=O) groups is 1. The molecule has 0 aromatic heterocycles. The molecule has 0 bridgehead atoms. The quantitative estimate of drug-likeness (QED) is 0.147. The number of ether oxygens (including phenoxy) is 1. The van der Waals surface area contributed by atoms with Gasteiger partial charge in [0.1, 0.15) is 0 Å². The fraction of sp³-hybridized carbons (Fsp3) is 0.960. The zero-order chi connectivity index (χ0) is 20.0. The van der Waals surface area contributed by atoms with Crippen LogP contribution in [0.15, 0.2) is 0 Å². The van der Waals surface area contributed by atoms with E-state index in [4.69, 9.17) is 4.74 Å². The first-order valence-corrected chi connectivity index (χ1v) is 12.4. The van der Waals surface area contributed by atoms with Crippen LogP contribution in [0.2, 0.25) is 0 Å². The summed E-state index contributed by atoms with van der Waals surface area (Å²) in [5.41, 5.74) is 0. The predicted octanol–water partition coefficient (Wildman–Crippen LogP) is 8.62. The van der Waals surface area contributed by atoms with Crippen molar-refractivity contribution in [1.82, 2.24) is 0 Å². The lowest BCUT2D eigenvalue weighted by atomic mass is 10.0. The molecule has 0 radical (unpaired) electrons. The standard InChI is InChI=1S/C25H50O2/c1-4-6-8-10-12-13-14-15-16-17-19-21-23-27-25(26)24(3)22-20-18-11-9-7-5-2/h24H,4-23H2,1-3H3. The Labute approximate surface area is 171 Å². The number of hydrogen-bond donors (Lipinski definition) is 0. The lowest BCUT2D eigenvalue weighted by Gasteiger charge is -2.11. The van der Waals surface area contributed by atoms with Crippen LogP contribution in [0.5, 0.6) is 0 Å². The second kappa shape index (κ2) is 21.8. The lowest BCUT2D eigenvalue weighted by Crippen LogP contribution is -2.15. The van der Waals surface area contributed by atoms with Crippen molar-refractivity contribution in [2.45, 2.75) is 143 Å². The molecule has 0 rings (SSSR count). The third-order valence-corrected chi connectivity index (χ3v) is 5.64. The van der Waals surface area contributed by atoms with Crippen LogP contribution in [0, 0.1) is 5.92 Å². The van der Waals surface area contributed by atoms with Gasteiger partial charge in [0.25, 0.3) is 0 Å². The summed E-state index contributed by atoms with van der Waals surface area (Å²) in [5, 5.41) is 0. The first-order chi connectivity index (χ1) is 13.2. The maximum Gasteiger partial charge on any atom is 0.308 e. The first-order valence-electron chi connectivity index (χ1n) is 12.4. The van der Waals surface area contributed by atoms with E-state index in [-0.39, 0.29) is 11.9 Å². The van der Waals surface area contributed by atoms with Gasteiger partial charge in [0, 0.05) is 0 Å². The van der Waals surface area contributed by atoms with Gasteiger partial charge < -0.3 is 4.74 Å². The van der Waals surface area contributed by atoms with E-state index >= 15 is 0 Å². The highest BCUT2D eigenvalue weighted by Gasteiger charge is 2.13. The highest BCUT2D eigenvalue weighted by Crippen LogP contribution is 2.14. The summed E-state index contributed by atoms with van der Waals surface area (Å²) in [6.07, 6.45) is 24.8. The third kappa shape index (κ3) is 20.0. The molecule has 2 nitrogen and oxygen atoms in total. The van der Waals surface area contributed by atoms with Crippen LogP contribution < -0.4 is 0 Å². The van der Waals surface area contributed by atoms with E-state index in [0.29, 0.717) is 6.61 Å². The molecule has 1 unspecified atom stereocenters. The Hall–Kier alpha value is -0.530. The van der Waals surface area contributed by atoms with E-state index in [1.54, 1.807) is 0 Å². The molecule has 162 valence electrons. The van der Waals surface area contributed by atoms with E-state index in [1.165, 1.54) is 109 Å². The monoisotopic (exact) mass is 382 g/mol. The Morgan fingerprint density at radius 3 is 1.41 bits per heavy atom. The summed E-state index contributed by atoms with van der Waals surface area (Å²) < 4.78 is 5.45. The minimum absolute atomic E-state index is 0.0200. The Morgan fingerprint density at radius 2 is 0.963 bits per heavy atom. The van der Waals surface area contributed by atoms with Crippen molar-refractivity contribution in [3.05, 3.63) is 0 Å². The van der Waals surface area contributed by atoms with Crippen molar-refractivity contribution < 1.29 is 9.53 Å². The van der Waals surface area contributed by atoms with E-state index in [2.05, 4.69) is 13.8 Å². The average Bonchev–Trinajstić information content (AvgIpc) is 2.67. The number of hydrogen-bond acceptors (Lipinski definition) is 2. The van der Waals surface area contributed by atoms with E-state index in [0.717, 1.165) is 12.8 Å². The van der Waals surface area contributed by atoms with Gasteiger partial charge in [-0.05, 0) is 12.8 Å². The minimum atomic E-state index is 0.0200. The molecular formula is C25H50O2. The van der Waals surface area contributed by atoms with Gasteiger partial charge in [0.05, 0.1) is 12.5 Å². The first kappa shape index (κ1) is 26.5. The molecule has 0 N–H and O–H groups in total.